The highest BCUT2D eigenvalue weighted by Gasteiger charge is 2.30. The molecule has 0 heterocycles. The van der Waals surface area contributed by atoms with Crippen LogP contribution < -0.4 is 11.2 Å². The molecule has 0 spiro atoms. The fourth-order valence-corrected chi connectivity index (χ4v) is 1.71. The molecular formula is C10H20N2O3. The lowest BCUT2D eigenvalue weighted by Crippen LogP contribution is -2.44. The van der Waals surface area contributed by atoms with Gasteiger partial charge in [0, 0.05) is 0 Å². The topological polar surface area (TPSA) is 73.6 Å². The van der Waals surface area contributed by atoms with Gasteiger partial charge >= 0.3 is 6.09 Å². The van der Waals surface area contributed by atoms with Gasteiger partial charge in [-0.1, -0.05) is 0 Å². The van der Waals surface area contributed by atoms with Crippen molar-refractivity contribution in [2.24, 2.45) is 5.90 Å². The molecule has 0 radical (unpaired) electrons. The van der Waals surface area contributed by atoms with Crippen LogP contribution in [0, 0.1) is 0 Å². The Morgan fingerprint density at radius 1 is 1.40 bits per heavy atom. The van der Waals surface area contributed by atoms with Crippen LogP contribution in [0.15, 0.2) is 0 Å². The normalized spacial score (nSPS) is 26.4. The summed E-state index contributed by atoms with van der Waals surface area (Å²) in [6.07, 6.45) is 2.30. The quantitative estimate of drug-likeness (QED) is 0.683. The lowest BCUT2D eigenvalue weighted by atomic mass is 10.2. The van der Waals surface area contributed by atoms with Gasteiger partial charge in [-0.2, -0.15) is 0 Å². The van der Waals surface area contributed by atoms with E-state index in [0.717, 1.165) is 19.3 Å². The van der Waals surface area contributed by atoms with Crippen molar-refractivity contribution >= 4 is 6.09 Å². The highest BCUT2D eigenvalue weighted by molar-refractivity contribution is 5.68. The molecule has 3 N–H and O–H groups in total. The molecule has 1 rings (SSSR count). The van der Waals surface area contributed by atoms with Crippen LogP contribution in [0.2, 0.25) is 0 Å². The number of hydrogen-bond acceptors (Lipinski definition) is 4. The third-order valence-corrected chi connectivity index (χ3v) is 2.33. The Labute approximate surface area is 90.3 Å². The monoisotopic (exact) mass is 216 g/mol. The van der Waals surface area contributed by atoms with Crippen LogP contribution in [-0.4, -0.2) is 23.8 Å². The van der Waals surface area contributed by atoms with Gasteiger partial charge in [0.2, 0.25) is 0 Å². The number of hydrogen-bond donors (Lipinski definition) is 2. The SMILES string of the molecule is CC(C)(C)OC(=O)N[C@@H]1CCC[C@H]1ON. The third kappa shape index (κ3) is 4.05. The maximum atomic E-state index is 11.4. The van der Waals surface area contributed by atoms with E-state index in [0.29, 0.717) is 0 Å². The number of alkyl carbamates (subject to hydrolysis) is 1. The maximum Gasteiger partial charge on any atom is 0.407 e. The van der Waals surface area contributed by atoms with Crippen molar-refractivity contribution < 1.29 is 14.4 Å². The first kappa shape index (κ1) is 12.3. The number of amides is 1. The average Bonchev–Trinajstić information content (AvgIpc) is 2.48. The summed E-state index contributed by atoms with van der Waals surface area (Å²) in [7, 11) is 0. The van der Waals surface area contributed by atoms with Crippen LogP contribution in [0.5, 0.6) is 0 Å². The number of nitrogens with two attached hydrogens (primary N) is 1. The fourth-order valence-electron chi connectivity index (χ4n) is 1.71. The van der Waals surface area contributed by atoms with Gasteiger partial charge in [0.15, 0.2) is 0 Å². The lowest BCUT2D eigenvalue weighted by molar-refractivity contribution is 0.0237. The minimum atomic E-state index is -0.470. The summed E-state index contributed by atoms with van der Waals surface area (Å²) in [5, 5.41) is 2.77. The van der Waals surface area contributed by atoms with E-state index < -0.39 is 11.7 Å². The van der Waals surface area contributed by atoms with Crippen LogP contribution in [0.4, 0.5) is 4.79 Å². The molecule has 1 aliphatic carbocycles. The average molecular weight is 216 g/mol. The van der Waals surface area contributed by atoms with Gasteiger partial charge in [0.1, 0.15) is 5.60 Å². The molecule has 0 aromatic heterocycles. The molecule has 0 aromatic carbocycles. The molecule has 1 saturated carbocycles. The molecule has 1 aliphatic rings. The van der Waals surface area contributed by atoms with Crippen LogP contribution in [-0.2, 0) is 9.57 Å². The van der Waals surface area contributed by atoms with Gasteiger partial charge in [0.05, 0.1) is 12.1 Å². The molecule has 1 amide bonds. The van der Waals surface area contributed by atoms with Crippen LogP contribution in [0.25, 0.3) is 0 Å². The first-order valence-electron chi connectivity index (χ1n) is 5.27. The molecule has 15 heavy (non-hydrogen) atoms. The van der Waals surface area contributed by atoms with Crippen molar-refractivity contribution in [3.8, 4) is 0 Å². The molecule has 0 bridgehead atoms. The Hall–Kier alpha value is -0.810. The molecule has 5 nitrogen and oxygen atoms in total. The molecule has 5 heteroatoms. The summed E-state index contributed by atoms with van der Waals surface area (Å²) >= 11 is 0. The summed E-state index contributed by atoms with van der Waals surface area (Å²) < 4.78 is 5.15. The fraction of sp³-hybridized carbons (Fsp3) is 0.900. The number of nitrogens with one attached hydrogen (secondary N) is 1. The minimum absolute atomic E-state index is 0.0233. The van der Waals surface area contributed by atoms with Gasteiger partial charge in [-0.25, -0.2) is 10.7 Å². The Morgan fingerprint density at radius 2 is 2.07 bits per heavy atom. The molecule has 0 unspecified atom stereocenters. The molecule has 2 atom stereocenters. The molecule has 0 aliphatic heterocycles. The summed E-state index contributed by atoms with van der Waals surface area (Å²) in [5.74, 6) is 5.14. The van der Waals surface area contributed by atoms with Crippen molar-refractivity contribution in [2.75, 3.05) is 0 Å². The minimum Gasteiger partial charge on any atom is -0.444 e. The van der Waals surface area contributed by atoms with Gasteiger partial charge in [0.25, 0.3) is 0 Å². The zero-order valence-corrected chi connectivity index (χ0v) is 9.58. The van der Waals surface area contributed by atoms with Gasteiger partial charge in [-0.05, 0) is 40.0 Å². The van der Waals surface area contributed by atoms with E-state index in [9.17, 15) is 4.79 Å². The molecule has 0 aromatic rings. The maximum absolute atomic E-state index is 11.4. The largest absolute Gasteiger partial charge is 0.444 e. The van der Waals surface area contributed by atoms with Gasteiger partial charge in [-0.3, -0.25) is 4.84 Å². The standard InChI is InChI=1S/C10H20N2O3/c1-10(2,3)14-9(13)12-7-5-4-6-8(7)15-11/h7-8H,4-6,11H2,1-3H3,(H,12,13)/t7-,8-/m1/s1. The summed E-state index contributed by atoms with van der Waals surface area (Å²) in [6, 6.07) is -0.0233. The van der Waals surface area contributed by atoms with Crippen LogP contribution in [0.1, 0.15) is 40.0 Å². The molecule has 0 saturated heterocycles. The van der Waals surface area contributed by atoms with Crippen LogP contribution >= 0.6 is 0 Å². The first-order valence-corrected chi connectivity index (χ1v) is 5.27. The van der Waals surface area contributed by atoms with E-state index >= 15 is 0 Å². The van der Waals surface area contributed by atoms with E-state index in [2.05, 4.69) is 5.32 Å². The van der Waals surface area contributed by atoms with E-state index in [1.165, 1.54) is 0 Å². The number of rotatable bonds is 2. The van der Waals surface area contributed by atoms with Crippen molar-refractivity contribution in [1.29, 1.82) is 0 Å². The van der Waals surface area contributed by atoms with Gasteiger partial charge < -0.3 is 10.1 Å². The molecular weight excluding hydrogens is 196 g/mol. The predicted molar refractivity (Wildman–Crippen MR) is 56.1 cm³/mol. The highest BCUT2D eigenvalue weighted by Crippen LogP contribution is 2.21. The van der Waals surface area contributed by atoms with Crippen LogP contribution in [0.3, 0.4) is 0 Å². The van der Waals surface area contributed by atoms with Gasteiger partial charge in [-0.15, -0.1) is 0 Å². The number of carbonyl (C=O) groups is 1. The Morgan fingerprint density at radius 3 is 2.60 bits per heavy atom. The van der Waals surface area contributed by atoms with Crippen molar-refractivity contribution in [2.45, 2.75) is 57.8 Å². The Bertz CT molecular complexity index is 225. The molecule has 88 valence electrons. The zero-order valence-electron chi connectivity index (χ0n) is 9.58. The van der Waals surface area contributed by atoms with Crippen molar-refractivity contribution in [1.82, 2.24) is 5.32 Å². The first-order chi connectivity index (χ1) is 6.92. The Kier molecular flexibility index (Phi) is 3.93. The third-order valence-electron chi connectivity index (χ3n) is 2.33. The molecule has 1 fully saturated rings. The summed E-state index contributed by atoms with van der Waals surface area (Å²) in [4.78, 5) is 16.2. The smallest absolute Gasteiger partial charge is 0.407 e. The van der Waals surface area contributed by atoms with E-state index in [1.807, 2.05) is 20.8 Å². The second-order valence-corrected chi connectivity index (χ2v) is 4.86. The number of carbonyl (C=O) groups excluding carboxylic acids is 1. The van der Waals surface area contributed by atoms with Crippen molar-refractivity contribution in [3.63, 3.8) is 0 Å². The van der Waals surface area contributed by atoms with E-state index in [-0.39, 0.29) is 12.1 Å². The predicted octanol–water partition coefficient (Wildman–Crippen LogP) is 1.32. The summed E-state index contributed by atoms with van der Waals surface area (Å²) in [5.41, 5.74) is -0.470. The Balaban J connectivity index is 2.37. The summed E-state index contributed by atoms with van der Waals surface area (Å²) in [6.45, 7) is 5.49. The zero-order chi connectivity index (χ0) is 11.5. The van der Waals surface area contributed by atoms with E-state index in [4.69, 9.17) is 15.5 Å². The van der Waals surface area contributed by atoms with Crippen molar-refractivity contribution in [3.05, 3.63) is 0 Å². The van der Waals surface area contributed by atoms with E-state index in [1.54, 1.807) is 0 Å². The lowest BCUT2D eigenvalue weighted by Gasteiger charge is -2.23. The second-order valence-electron chi connectivity index (χ2n) is 4.86. The second kappa shape index (κ2) is 4.81. The highest BCUT2D eigenvalue weighted by atomic mass is 16.6. The number of ether oxygens (including phenoxy) is 1.